The number of thiazole rings is 1. The number of aromatic nitrogens is 1. The van der Waals surface area contributed by atoms with E-state index in [0.29, 0.717) is 12.2 Å². The summed E-state index contributed by atoms with van der Waals surface area (Å²) < 4.78 is 0. The molecule has 0 radical (unpaired) electrons. The van der Waals surface area contributed by atoms with E-state index < -0.39 is 0 Å². The number of carbonyl (C=O) groups excluding carboxylic acids is 1. The highest BCUT2D eigenvalue weighted by atomic mass is 32.1. The number of carbonyl (C=O) groups is 1. The van der Waals surface area contributed by atoms with E-state index in [9.17, 15) is 4.79 Å². The molecule has 1 saturated heterocycles. The summed E-state index contributed by atoms with van der Waals surface area (Å²) >= 11 is 1.51. The number of amides is 1. The monoisotopic (exact) mass is 240 g/mol. The highest BCUT2D eigenvalue weighted by Gasteiger charge is 2.19. The molecular formula is C10H16N4OS. The highest BCUT2D eigenvalue weighted by molar-refractivity contribution is 7.09. The summed E-state index contributed by atoms with van der Waals surface area (Å²) in [5.74, 6) is 0.0426. The van der Waals surface area contributed by atoms with Crippen molar-refractivity contribution in [2.75, 3.05) is 32.7 Å². The average molecular weight is 240 g/mol. The third kappa shape index (κ3) is 2.58. The number of nitrogens with two attached hydrogens (primary N) is 1. The smallest absolute Gasteiger partial charge is 0.273 e. The lowest BCUT2D eigenvalue weighted by Crippen LogP contribution is -2.46. The van der Waals surface area contributed by atoms with E-state index in [2.05, 4.69) is 10.3 Å². The van der Waals surface area contributed by atoms with E-state index in [1.165, 1.54) is 11.3 Å². The van der Waals surface area contributed by atoms with Crippen LogP contribution in [0.1, 0.15) is 15.5 Å². The summed E-state index contributed by atoms with van der Waals surface area (Å²) in [7, 11) is 0. The van der Waals surface area contributed by atoms with Gasteiger partial charge in [-0.1, -0.05) is 0 Å². The Morgan fingerprint density at radius 3 is 3.00 bits per heavy atom. The summed E-state index contributed by atoms with van der Waals surface area (Å²) in [5, 5.41) is 5.99. The molecule has 0 unspecified atom stereocenters. The van der Waals surface area contributed by atoms with Gasteiger partial charge in [0.15, 0.2) is 0 Å². The van der Waals surface area contributed by atoms with Crippen molar-refractivity contribution in [2.24, 2.45) is 5.73 Å². The zero-order valence-electron chi connectivity index (χ0n) is 9.11. The van der Waals surface area contributed by atoms with Crippen LogP contribution in [0.2, 0.25) is 0 Å². The molecule has 1 aromatic rings. The SMILES string of the molecule is NCCc1nc(C(=O)N2CCNCC2)cs1. The minimum atomic E-state index is 0.0426. The quantitative estimate of drug-likeness (QED) is 0.760. The van der Waals surface area contributed by atoms with Crippen molar-refractivity contribution in [1.29, 1.82) is 0 Å². The first-order valence-electron chi connectivity index (χ1n) is 5.45. The maximum Gasteiger partial charge on any atom is 0.273 e. The number of rotatable bonds is 3. The average Bonchev–Trinajstić information content (AvgIpc) is 2.78. The van der Waals surface area contributed by atoms with Gasteiger partial charge in [-0.25, -0.2) is 4.98 Å². The van der Waals surface area contributed by atoms with Gasteiger partial charge in [0.1, 0.15) is 5.69 Å². The first-order chi connectivity index (χ1) is 7.81. The summed E-state index contributed by atoms with van der Waals surface area (Å²) in [6, 6.07) is 0. The normalized spacial score (nSPS) is 16.4. The van der Waals surface area contributed by atoms with Gasteiger partial charge in [0, 0.05) is 38.0 Å². The Kier molecular flexibility index (Phi) is 3.87. The number of piperazine rings is 1. The van der Waals surface area contributed by atoms with Gasteiger partial charge in [-0.15, -0.1) is 11.3 Å². The Bertz CT molecular complexity index is 359. The maximum atomic E-state index is 12.0. The minimum absolute atomic E-state index is 0.0426. The standard InChI is InChI=1S/C10H16N4OS/c11-2-1-9-13-8(7-16-9)10(15)14-5-3-12-4-6-14/h7,12H,1-6,11H2. The molecule has 0 aromatic carbocycles. The second-order valence-corrected chi connectivity index (χ2v) is 4.65. The molecule has 16 heavy (non-hydrogen) atoms. The zero-order valence-corrected chi connectivity index (χ0v) is 9.92. The van der Waals surface area contributed by atoms with Gasteiger partial charge in [0.2, 0.25) is 0 Å². The van der Waals surface area contributed by atoms with Gasteiger partial charge < -0.3 is 16.0 Å². The molecular weight excluding hydrogens is 224 g/mol. The van der Waals surface area contributed by atoms with Crippen molar-refractivity contribution in [3.8, 4) is 0 Å². The molecule has 1 aliphatic heterocycles. The summed E-state index contributed by atoms with van der Waals surface area (Å²) in [6.45, 7) is 3.84. The number of nitrogens with zero attached hydrogens (tertiary/aromatic N) is 2. The molecule has 2 rings (SSSR count). The molecule has 88 valence electrons. The first-order valence-corrected chi connectivity index (χ1v) is 6.33. The lowest BCUT2D eigenvalue weighted by atomic mass is 10.3. The van der Waals surface area contributed by atoms with Crippen LogP contribution in [0.4, 0.5) is 0 Å². The van der Waals surface area contributed by atoms with Gasteiger partial charge in [0.25, 0.3) is 5.91 Å². The van der Waals surface area contributed by atoms with Crippen LogP contribution in [-0.2, 0) is 6.42 Å². The van der Waals surface area contributed by atoms with Crippen molar-refractivity contribution in [2.45, 2.75) is 6.42 Å². The van der Waals surface area contributed by atoms with Crippen LogP contribution in [0.5, 0.6) is 0 Å². The fourth-order valence-electron chi connectivity index (χ4n) is 1.68. The Balaban J connectivity index is 2.01. The molecule has 0 aliphatic carbocycles. The van der Waals surface area contributed by atoms with Crippen LogP contribution < -0.4 is 11.1 Å². The van der Waals surface area contributed by atoms with Gasteiger partial charge in [-0.3, -0.25) is 4.79 Å². The predicted molar refractivity (Wildman–Crippen MR) is 63.6 cm³/mol. The van der Waals surface area contributed by atoms with E-state index >= 15 is 0 Å². The number of hydrogen-bond donors (Lipinski definition) is 2. The molecule has 3 N–H and O–H groups in total. The van der Waals surface area contributed by atoms with Gasteiger partial charge in [0.05, 0.1) is 5.01 Å². The van der Waals surface area contributed by atoms with E-state index in [-0.39, 0.29) is 5.91 Å². The molecule has 1 aromatic heterocycles. The molecule has 0 spiro atoms. The van der Waals surface area contributed by atoms with Gasteiger partial charge in [-0.2, -0.15) is 0 Å². The van der Waals surface area contributed by atoms with E-state index in [0.717, 1.165) is 37.6 Å². The molecule has 5 nitrogen and oxygen atoms in total. The van der Waals surface area contributed by atoms with Crippen LogP contribution in [-0.4, -0.2) is 48.5 Å². The Hall–Kier alpha value is -0.980. The van der Waals surface area contributed by atoms with Crippen LogP contribution in [0, 0.1) is 0 Å². The molecule has 0 saturated carbocycles. The molecule has 1 amide bonds. The van der Waals surface area contributed by atoms with E-state index in [1.807, 2.05) is 10.3 Å². The van der Waals surface area contributed by atoms with Crippen LogP contribution >= 0.6 is 11.3 Å². The fourth-order valence-corrected chi connectivity index (χ4v) is 2.47. The Morgan fingerprint density at radius 1 is 1.56 bits per heavy atom. The molecule has 6 heteroatoms. The first kappa shape index (κ1) is 11.5. The molecule has 0 bridgehead atoms. The zero-order chi connectivity index (χ0) is 11.4. The molecule has 0 atom stereocenters. The fraction of sp³-hybridized carbons (Fsp3) is 0.600. The number of hydrogen-bond acceptors (Lipinski definition) is 5. The second-order valence-electron chi connectivity index (χ2n) is 3.71. The molecule has 2 heterocycles. The third-order valence-corrected chi connectivity index (χ3v) is 3.44. The van der Waals surface area contributed by atoms with Gasteiger partial charge >= 0.3 is 0 Å². The Labute approximate surface area is 98.7 Å². The lowest BCUT2D eigenvalue weighted by Gasteiger charge is -2.26. The number of nitrogens with one attached hydrogen (secondary N) is 1. The van der Waals surface area contributed by atoms with Crippen LogP contribution in [0.15, 0.2) is 5.38 Å². The van der Waals surface area contributed by atoms with Crippen molar-refractivity contribution in [3.63, 3.8) is 0 Å². The van der Waals surface area contributed by atoms with Crippen molar-refractivity contribution in [3.05, 3.63) is 16.1 Å². The topological polar surface area (TPSA) is 71.2 Å². The Morgan fingerprint density at radius 2 is 2.31 bits per heavy atom. The summed E-state index contributed by atoms with van der Waals surface area (Å²) in [5.41, 5.74) is 6.02. The summed E-state index contributed by atoms with van der Waals surface area (Å²) in [6.07, 6.45) is 0.750. The largest absolute Gasteiger partial charge is 0.335 e. The maximum absolute atomic E-state index is 12.0. The van der Waals surface area contributed by atoms with Crippen molar-refractivity contribution in [1.82, 2.24) is 15.2 Å². The highest BCUT2D eigenvalue weighted by Crippen LogP contribution is 2.12. The summed E-state index contributed by atoms with van der Waals surface area (Å²) in [4.78, 5) is 18.2. The minimum Gasteiger partial charge on any atom is -0.335 e. The molecule has 1 aliphatic rings. The molecule has 1 fully saturated rings. The predicted octanol–water partition coefficient (Wildman–Crippen LogP) is -0.310. The van der Waals surface area contributed by atoms with E-state index in [1.54, 1.807) is 0 Å². The lowest BCUT2D eigenvalue weighted by molar-refractivity contribution is 0.0730. The third-order valence-electron chi connectivity index (χ3n) is 2.53. The van der Waals surface area contributed by atoms with Crippen LogP contribution in [0.3, 0.4) is 0 Å². The van der Waals surface area contributed by atoms with Crippen molar-refractivity contribution < 1.29 is 4.79 Å². The second kappa shape index (κ2) is 5.38. The van der Waals surface area contributed by atoms with Crippen LogP contribution in [0.25, 0.3) is 0 Å². The van der Waals surface area contributed by atoms with Gasteiger partial charge in [-0.05, 0) is 6.54 Å². The van der Waals surface area contributed by atoms with Crippen molar-refractivity contribution >= 4 is 17.2 Å². The van der Waals surface area contributed by atoms with E-state index in [4.69, 9.17) is 5.73 Å².